The summed E-state index contributed by atoms with van der Waals surface area (Å²) >= 11 is 0. The number of carboxylic acids is 1. The molecule has 1 aromatic rings. The largest absolute Gasteiger partial charge is 0.497 e. The van der Waals surface area contributed by atoms with Gasteiger partial charge in [-0.3, -0.25) is 9.59 Å². The Labute approximate surface area is 138 Å². The molecule has 1 rings (SSSR count). The molecule has 0 aliphatic carbocycles. The molecule has 0 bridgehead atoms. The Kier molecular flexibility index (Phi) is 7.59. The summed E-state index contributed by atoms with van der Waals surface area (Å²) in [5, 5.41) is 8.90. The van der Waals surface area contributed by atoms with Crippen LogP contribution < -0.4 is 4.74 Å². The highest BCUT2D eigenvalue weighted by Gasteiger charge is 2.25. The summed E-state index contributed by atoms with van der Waals surface area (Å²) in [5.41, 5.74) is 0.933. The third-order valence-corrected chi connectivity index (χ3v) is 3.72. The van der Waals surface area contributed by atoms with Crippen LogP contribution in [0.5, 0.6) is 5.75 Å². The zero-order chi connectivity index (χ0) is 17.4. The van der Waals surface area contributed by atoms with Crippen molar-refractivity contribution in [3.05, 3.63) is 29.8 Å². The summed E-state index contributed by atoms with van der Waals surface area (Å²) in [7, 11) is 1.60. The molecule has 0 aromatic heterocycles. The third-order valence-electron chi connectivity index (χ3n) is 3.72. The zero-order valence-corrected chi connectivity index (χ0v) is 14.4. The molecule has 0 spiro atoms. The molecule has 1 unspecified atom stereocenters. The maximum absolute atomic E-state index is 12.9. The average molecular weight is 321 g/mol. The molecule has 0 saturated carbocycles. The summed E-state index contributed by atoms with van der Waals surface area (Å²) in [5.74, 6) is -0.104. The van der Waals surface area contributed by atoms with E-state index >= 15 is 0 Å². The lowest BCUT2D eigenvalue weighted by atomic mass is 9.94. The van der Waals surface area contributed by atoms with Crippen molar-refractivity contribution in [1.82, 2.24) is 4.90 Å². The van der Waals surface area contributed by atoms with Crippen molar-refractivity contribution in [3.8, 4) is 5.75 Å². The molecule has 0 heterocycles. The lowest BCUT2D eigenvalue weighted by molar-refractivity contribution is -0.139. The van der Waals surface area contributed by atoms with Crippen molar-refractivity contribution in [1.29, 1.82) is 0 Å². The van der Waals surface area contributed by atoms with E-state index in [2.05, 4.69) is 0 Å². The second-order valence-electron chi connectivity index (χ2n) is 6.06. The number of aliphatic carboxylic acids is 1. The molecule has 1 amide bonds. The molecule has 23 heavy (non-hydrogen) atoms. The second kappa shape index (κ2) is 9.18. The monoisotopic (exact) mass is 321 g/mol. The van der Waals surface area contributed by atoms with E-state index in [0.717, 1.165) is 11.3 Å². The van der Waals surface area contributed by atoms with Crippen LogP contribution in [-0.4, -0.2) is 42.1 Å². The van der Waals surface area contributed by atoms with E-state index in [1.165, 1.54) is 0 Å². The lowest BCUT2D eigenvalue weighted by Gasteiger charge is -2.28. The first-order chi connectivity index (χ1) is 10.9. The van der Waals surface area contributed by atoms with E-state index in [9.17, 15) is 9.59 Å². The van der Waals surface area contributed by atoms with Gasteiger partial charge in [0.2, 0.25) is 5.91 Å². The number of carboxylic acid groups (broad SMARTS) is 1. The van der Waals surface area contributed by atoms with Gasteiger partial charge in [0.15, 0.2) is 0 Å². The standard InChI is InChI=1S/C18H27NO4/c1-5-16(14-6-8-15(23-4)9-7-14)18(22)19(12-13(2)3)11-10-17(20)21/h6-9,13,16H,5,10-12H2,1-4H3,(H,20,21). The quantitative estimate of drug-likeness (QED) is 0.759. The first-order valence-corrected chi connectivity index (χ1v) is 8.03. The van der Waals surface area contributed by atoms with E-state index in [4.69, 9.17) is 9.84 Å². The first-order valence-electron chi connectivity index (χ1n) is 8.03. The molecule has 128 valence electrons. The molecule has 0 saturated heterocycles. The number of hydrogen-bond acceptors (Lipinski definition) is 3. The molecule has 0 radical (unpaired) electrons. The van der Waals surface area contributed by atoms with E-state index in [0.29, 0.717) is 18.9 Å². The average Bonchev–Trinajstić information content (AvgIpc) is 2.52. The highest BCUT2D eigenvalue weighted by molar-refractivity contribution is 5.84. The fourth-order valence-electron chi connectivity index (χ4n) is 2.57. The summed E-state index contributed by atoms with van der Waals surface area (Å²) in [6.45, 7) is 6.83. The lowest BCUT2D eigenvalue weighted by Crippen LogP contribution is -2.39. The van der Waals surface area contributed by atoms with Crippen molar-refractivity contribution in [2.24, 2.45) is 5.92 Å². The Balaban J connectivity index is 2.93. The van der Waals surface area contributed by atoms with Gasteiger partial charge in [0.05, 0.1) is 19.4 Å². The minimum Gasteiger partial charge on any atom is -0.497 e. The number of carbonyl (C=O) groups is 2. The van der Waals surface area contributed by atoms with Crippen LogP contribution in [0.4, 0.5) is 0 Å². The summed E-state index contributed by atoms with van der Waals surface area (Å²) in [6, 6.07) is 7.48. The van der Waals surface area contributed by atoms with Crippen LogP contribution in [-0.2, 0) is 9.59 Å². The minimum absolute atomic E-state index is 0.00684. The van der Waals surface area contributed by atoms with Crippen molar-refractivity contribution in [3.63, 3.8) is 0 Å². The molecule has 1 atom stereocenters. The van der Waals surface area contributed by atoms with Gasteiger partial charge >= 0.3 is 5.97 Å². The van der Waals surface area contributed by atoms with Gasteiger partial charge in [-0.15, -0.1) is 0 Å². The number of methoxy groups -OCH3 is 1. The van der Waals surface area contributed by atoms with Gasteiger partial charge in [0.25, 0.3) is 0 Å². The molecule has 1 aromatic carbocycles. The number of benzene rings is 1. The Bertz CT molecular complexity index is 510. The van der Waals surface area contributed by atoms with Crippen LogP contribution in [0.25, 0.3) is 0 Å². The molecule has 5 nitrogen and oxygen atoms in total. The van der Waals surface area contributed by atoms with E-state index in [-0.39, 0.29) is 24.8 Å². The maximum atomic E-state index is 12.9. The molecule has 0 aliphatic heterocycles. The Morgan fingerprint density at radius 1 is 1.22 bits per heavy atom. The smallest absolute Gasteiger partial charge is 0.305 e. The molecule has 0 aliphatic rings. The predicted octanol–water partition coefficient (Wildman–Crippen LogP) is 3.15. The van der Waals surface area contributed by atoms with E-state index in [1.807, 2.05) is 45.0 Å². The van der Waals surface area contributed by atoms with Crippen LogP contribution in [0.15, 0.2) is 24.3 Å². The first kappa shape index (κ1) is 19.0. The van der Waals surface area contributed by atoms with E-state index < -0.39 is 5.97 Å². The van der Waals surface area contributed by atoms with Gasteiger partial charge in [0, 0.05) is 13.1 Å². The Morgan fingerprint density at radius 3 is 2.26 bits per heavy atom. The highest BCUT2D eigenvalue weighted by Crippen LogP contribution is 2.25. The number of hydrogen-bond donors (Lipinski definition) is 1. The number of amides is 1. The minimum atomic E-state index is -0.885. The van der Waals surface area contributed by atoms with Crippen molar-refractivity contribution in [2.75, 3.05) is 20.2 Å². The normalized spacial score (nSPS) is 12.0. The molecule has 0 fully saturated rings. The Hall–Kier alpha value is -2.04. The number of rotatable bonds is 9. The van der Waals surface area contributed by atoms with Gasteiger partial charge in [-0.2, -0.15) is 0 Å². The molecular weight excluding hydrogens is 294 g/mol. The second-order valence-corrected chi connectivity index (χ2v) is 6.06. The van der Waals surface area contributed by atoms with Crippen LogP contribution in [0.2, 0.25) is 0 Å². The fourth-order valence-corrected chi connectivity index (χ4v) is 2.57. The predicted molar refractivity (Wildman–Crippen MR) is 89.7 cm³/mol. The van der Waals surface area contributed by atoms with E-state index in [1.54, 1.807) is 12.0 Å². The summed E-state index contributed by atoms with van der Waals surface area (Å²) in [4.78, 5) is 25.4. The van der Waals surface area contributed by atoms with Gasteiger partial charge in [-0.05, 0) is 30.0 Å². The molecule has 1 N–H and O–H groups in total. The van der Waals surface area contributed by atoms with Crippen molar-refractivity contribution >= 4 is 11.9 Å². The fraction of sp³-hybridized carbons (Fsp3) is 0.556. The highest BCUT2D eigenvalue weighted by atomic mass is 16.5. The SMILES string of the molecule is CCC(C(=O)N(CCC(=O)O)CC(C)C)c1ccc(OC)cc1. The van der Waals surface area contributed by atoms with Crippen LogP contribution in [0.3, 0.4) is 0 Å². The van der Waals surface area contributed by atoms with Gasteiger partial charge in [-0.1, -0.05) is 32.9 Å². The maximum Gasteiger partial charge on any atom is 0.305 e. The molecular formula is C18H27NO4. The number of nitrogens with zero attached hydrogens (tertiary/aromatic N) is 1. The number of carbonyl (C=O) groups excluding carboxylic acids is 1. The Morgan fingerprint density at radius 2 is 1.83 bits per heavy atom. The number of ether oxygens (including phenoxy) is 1. The van der Waals surface area contributed by atoms with Crippen molar-refractivity contribution < 1.29 is 19.4 Å². The van der Waals surface area contributed by atoms with Gasteiger partial charge in [0.1, 0.15) is 5.75 Å². The zero-order valence-electron chi connectivity index (χ0n) is 14.4. The van der Waals surface area contributed by atoms with Crippen LogP contribution >= 0.6 is 0 Å². The van der Waals surface area contributed by atoms with Crippen LogP contribution in [0.1, 0.15) is 45.1 Å². The van der Waals surface area contributed by atoms with Crippen LogP contribution in [0, 0.1) is 5.92 Å². The summed E-state index contributed by atoms with van der Waals surface area (Å²) < 4.78 is 5.15. The molecule has 5 heteroatoms. The van der Waals surface area contributed by atoms with Gasteiger partial charge < -0.3 is 14.7 Å². The van der Waals surface area contributed by atoms with Gasteiger partial charge in [-0.25, -0.2) is 0 Å². The third kappa shape index (κ3) is 5.93. The summed E-state index contributed by atoms with van der Waals surface area (Å²) in [6.07, 6.45) is 0.643. The topological polar surface area (TPSA) is 66.8 Å². The van der Waals surface area contributed by atoms with Crippen molar-refractivity contribution in [2.45, 2.75) is 39.5 Å².